The van der Waals surface area contributed by atoms with Gasteiger partial charge in [-0.05, 0) is 20.8 Å². The molecule has 0 aliphatic rings. The largest absolute Gasteiger partial charge is 0.479 e. The molecule has 0 aromatic rings. The average molecular weight is 192 g/mol. The van der Waals surface area contributed by atoms with Crippen LogP contribution in [-0.4, -0.2) is 45.7 Å². The quantitative estimate of drug-likeness (QED) is 0.564. The van der Waals surface area contributed by atoms with Crippen LogP contribution in [0.4, 0.5) is 0 Å². The predicted octanol–water partition coefficient (Wildman–Crippen LogP) is -0.392. The minimum Gasteiger partial charge on any atom is -0.479 e. The molecule has 0 aliphatic heterocycles. The number of carbonyl (C=O) groups is 1. The minimum atomic E-state index is -2.30. The van der Waals surface area contributed by atoms with E-state index >= 15 is 0 Å². The number of carboxylic acids is 1. The van der Waals surface area contributed by atoms with Crippen molar-refractivity contribution < 1.29 is 24.9 Å². The normalized spacial score (nSPS) is 19.2. The zero-order valence-electron chi connectivity index (χ0n) is 8.24. The van der Waals surface area contributed by atoms with Crippen LogP contribution in [0.15, 0.2) is 0 Å². The van der Waals surface area contributed by atoms with Gasteiger partial charge in [-0.2, -0.15) is 0 Å². The molecule has 2 atom stereocenters. The SMILES string of the molecule is COC(C)C(O)(C(=O)O)C(C)(C)O. The Kier molecular flexibility index (Phi) is 3.43. The Balaban J connectivity index is 5.08. The third kappa shape index (κ3) is 1.99. The van der Waals surface area contributed by atoms with E-state index in [4.69, 9.17) is 9.84 Å². The van der Waals surface area contributed by atoms with E-state index in [1.807, 2.05) is 0 Å². The molecule has 0 amide bonds. The first-order valence-corrected chi connectivity index (χ1v) is 3.88. The summed E-state index contributed by atoms with van der Waals surface area (Å²) in [5.74, 6) is -1.51. The van der Waals surface area contributed by atoms with E-state index < -0.39 is 23.3 Å². The van der Waals surface area contributed by atoms with Crippen LogP contribution in [0.25, 0.3) is 0 Å². The van der Waals surface area contributed by atoms with Crippen molar-refractivity contribution in [3.8, 4) is 0 Å². The summed E-state index contributed by atoms with van der Waals surface area (Å²) >= 11 is 0. The third-order valence-corrected chi connectivity index (χ3v) is 2.20. The Hall–Kier alpha value is -0.650. The van der Waals surface area contributed by atoms with Crippen molar-refractivity contribution in [2.24, 2.45) is 0 Å². The molecule has 0 aromatic carbocycles. The van der Waals surface area contributed by atoms with Crippen LogP contribution in [0.2, 0.25) is 0 Å². The van der Waals surface area contributed by atoms with Gasteiger partial charge in [-0.3, -0.25) is 0 Å². The molecule has 0 spiro atoms. The summed E-state index contributed by atoms with van der Waals surface area (Å²) in [6.45, 7) is 3.82. The second kappa shape index (κ2) is 3.61. The molecular formula is C8H16O5. The number of hydrogen-bond acceptors (Lipinski definition) is 4. The second-order valence-electron chi connectivity index (χ2n) is 3.51. The summed E-state index contributed by atoms with van der Waals surface area (Å²) in [5, 5.41) is 28.0. The van der Waals surface area contributed by atoms with Crippen LogP contribution in [0, 0.1) is 0 Å². The molecule has 2 unspecified atom stereocenters. The highest BCUT2D eigenvalue weighted by molar-refractivity contribution is 5.79. The lowest BCUT2D eigenvalue weighted by Crippen LogP contribution is -2.63. The van der Waals surface area contributed by atoms with Gasteiger partial charge < -0.3 is 20.1 Å². The van der Waals surface area contributed by atoms with Gasteiger partial charge in [0.15, 0.2) is 0 Å². The molecule has 0 heterocycles. The molecule has 5 heteroatoms. The van der Waals surface area contributed by atoms with E-state index in [1.165, 1.54) is 27.9 Å². The van der Waals surface area contributed by atoms with Crippen molar-refractivity contribution in [1.82, 2.24) is 0 Å². The van der Waals surface area contributed by atoms with Crippen LogP contribution < -0.4 is 0 Å². The van der Waals surface area contributed by atoms with Gasteiger partial charge in [0.25, 0.3) is 0 Å². The standard InChI is InChI=1S/C8H16O5/c1-5(13-4)8(12,6(9)10)7(2,3)11/h5,11-12H,1-4H3,(H,9,10). The first-order chi connectivity index (χ1) is 5.67. The van der Waals surface area contributed by atoms with E-state index in [2.05, 4.69) is 0 Å². The van der Waals surface area contributed by atoms with Gasteiger partial charge in [0.2, 0.25) is 5.60 Å². The molecule has 0 bridgehead atoms. The number of rotatable bonds is 4. The smallest absolute Gasteiger partial charge is 0.341 e. The molecule has 0 aliphatic carbocycles. The Morgan fingerprint density at radius 2 is 1.77 bits per heavy atom. The van der Waals surface area contributed by atoms with Gasteiger partial charge in [-0.25, -0.2) is 4.79 Å². The molecule has 78 valence electrons. The van der Waals surface area contributed by atoms with Crippen molar-refractivity contribution >= 4 is 5.97 Å². The molecule has 0 fully saturated rings. The van der Waals surface area contributed by atoms with E-state index in [9.17, 15) is 15.0 Å². The molecule has 0 saturated carbocycles. The summed E-state index contributed by atoms with van der Waals surface area (Å²) in [6, 6.07) is 0. The Morgan fingerprint density at radius 1 is 1.38 bits per heavy atom. The second-order valence-corrected chi connectivity index (χ2v) is 3.51. The van der Waals surface area contributed by atoms with Gasteiger partial charge >= 0.3 is 5.97 Å². The molecular weight excluding hydrogens is 176 g/mol. The lowest BCUT2D eigenvalue weighted by Gasteiger charge is -2.38. The zero-order chi connectivity index (χ0) is 10.9. The van der Waals surface area contributed by atoms with E-state index in [0.29, 0.717) is 0 Å². The maximum atomic E-state index is 10.8. The molecule has 5 nitrogen and oxygen atoms in total. The summed E-state index contributed by atoms with van der Waals surface area (Å²) in [6.07, 6.45) is -0.995. The number of ether oxygens (including phenoxy) is 1. The molecule has 13 heavy (non-hydrogen) atoms. The highest BCUT2D eigenvalue weighted by Gasteiger charge is 2.54. The highest BCUT2D eigenvalue weighted by atomic mass is 16.5. The van der Waals surface area contributed by atoms with Gasteiger partial charge in [-0.15, -0.1) is 0 Å². The predicted molar refractivity (Wildman–Crippen MR) is 45.4 cm³/mol. The lowest BCUT2D eigenvalue weighted by molar-refractivity contribution is -0.212. The third-order valence-electron chi connectivity index (χ3n) is 2.20. The number of aliphatic hydroxyl groups is 2. The number of carboxylic acid groups (broad SMARTS) is 1. The first-order valence-electron chi connectivity index (χ1n) is 3.88. The van der Waals surface area contributed by atoms with E-state index in [1.54, 1.807) is 0 Å². The van der Waals surface area contributed by atoms with Crippen molar-refractivity contribution in [2.45, 2.75) is 38.1 Å². The molecule has 0 aromatic heterocycles. The van der Waals surface area contributed by atoms with Crippen LogP contribution in [0.1, 0.15) is 20.8 Å². The van der Waals surface area contributed by atoms with Crippen LogP contribution in [-0.2, 0) is 9.53 Å². The Labute approximate surface area is 77.0 Å². The lowest BCUT2D eigenvalue weighted by atomic mass is 9.81. The van der Waals surface area contributed by atoms with E-state index in [0.717, 1.165) is 0 Å². The van der Waals surface area contributed by atoms with Crippen LogP contribution >= 0.6 is 0 Å². The number of aliphatic carboxylic acids is 1. The monoisotopic (exact) mass is 192 g/mol. The van der Waals surface area contributed by atoms with Gasteiger partial charge in [-0.1, -0.05) is 0 Å². The number of hydrogen-bond donors (Lipinski definition) is 3. The maximum absolute atomic E-state index is 10.8. The first kappa shape index (κ1) is 12.3. The topological polar surface area (TPSA) is 87.0 Å². The van der Waals surface area contributed by atoms with E-state index in [-0.39, 0.29) is 0 Å². The fourth-order valence-electron chi connectivity index (χ4n) is 1.10. The van der Waals surface area contributed by atoms with Crippen molar-refractivity contribution in [3.63, 3.8) is 0 Å². The molecule has 0 rings (SSSR count). The zero-order valence-corrected chi connectivity index (χ0v) is 8.24. The molecule has 0 saturated heterocycles. The van der Waals surface area contributed by atoms with Gasteiger partial charge in [0, 0.05) is 7.11 Å². The maximum Gasteiger partial charge on any atom is 0.341 e. The minimum absolute atomic E-state index is 0.995. The van der Waals surface area contributed by atoms with Crippen molar-refractivity contribution in [1.29, 1.82) is 0 Å². The Morgan fingerprint density at radius 3 is 1.85 bits per heavy atom. The summed E-state index contributed by atoms with van der Waals surface area (Å²) in [7, 11) is 1.27. The van der Waals surface area contributed by atoms with Gasteiger partial charge in [0.1, 0.15) is 5.60 Å². The number of methoxy groups -OCH3 is 1. The molecule has 0 radical (unpaired) electrons. The fraction of sp³-hybridized carbons (Fsp3) is 0.875. The van der Waals surface area contributed by atoms with Crippen LogP contribution in [0.3, 0.4) is 0 Å². The van der Waals surface area contributed by atoms with Crippen molar-refractivity contribution in [2.75, 3.05) is 7.11 Å². The van der Waals surface area contributed by atoms with Crippen LogP contribution in [0.5, 0.6) is 0 Å². The summed E-state index contributed by atoms with van der Waals surface area (Å²) in [4.78, 5) is 10.8. The van der Waals surface area contributed by atoms with Crippen molar-refractivity contribution in [3.05, 3.63) is 0 Å². The molecule has 3 N–H and O–H groups in total. The highest BCUT2D eigenvalue weighted by Crippen LogP contribution is 2.27. The fourth-order valence-corrected chi connectivity index (χ4v) is 1.10. The summed E-state index contributed by atoms with van der Waals surface area (Å²) < 4.78 is 4.71. The summed E-state index contributed by atoms with van der Waals surface area (Å²) in [5.41, 5.74) is -4.07. The Bertz CT molecular complexity index is 195. The average Bonchev–Trinajstić information content (AvgIpc) is 1.98. The van der Waals surface area contributed by atoms with Gasteiger partial charge in [0.05, 0.1) is 6.10 Å².